The minimum atomic E-state index is -0.634. The lowest BCUT2D eigenvalue weighted by molar-refractivity contribution is -0.151. The summed E-state index contributed by atoms with van der Waals surface area (Å²) in [6.07, 6.45) is 0.0342. The highest BCUT2D eigenvalue weighted by molar-refractivity contribution is 6.00. The monoisotopic (exact) mass is 494 g/mol. The zero-order chi connectivity index (χ0) is 25.8. The SMILES string of the molecule is Cc1ccccc1NC(=O)COC(=O)[C@@H]1CC(=O)N(c2ccc(Oc3cccc4ccccc34)cc2)C1. The first-order valence-corrected chi connectivity index (χ1v) is 12.1. The molecule has 0 bridgehead atoms. The maximum Gasteiger partial charge on any atom is 0.311 e. The maximum absolute atomic E-state index is 12.6. The molecule has 0 spiro atoms. The van der Waals surface area contributed by atoms with Crippen LogP contribution in [0.3, 0.4) is 0 Å². The Morgan fingerprint density at radius 3 is 2.46 bits per heavy atom. The molecule has 7 heteroatoms. The number of carbonyl (C=O) groups is 3. The van der Waals surface area contributed by atoms with Crippen LogP contribution in [0.1, 0.15) is 12.0 Å². The molecule has 186 valence electrons. The summed E-state index contributed by atoms with van der Waals surface area (Å²) in [7, 11) is 0. The molecule has 1 saturated heterocycles. The summed E-state index contributed by atoms with van der Waals surface area (Å²) < 4.78 is 11.3. The van der Waals surface area contributed by atoms with Gasteiger partial charge in [-0.15, -0.1) is 0 Å². The van der Waals surface area contributed by atoms with Gasteiger partial charge in [-0.1, -0.05) is 54.6 Å². The highest BCUT2D eigenvalue weighted by Gasteiger charge is 2.36. The fraction of sp³-hybridized carbons (Fsp3) is 0.167. The van der Waals surface area contributed by atoms with E-state index in [9.17, 15) is 14.4 Å². The molecule has 5 rings (SSSR count). The molecular weight excluding hydrogens is 468 g/mol. The van der Waals surface area contributed by atoms with Crippen LogP contribution in [-0.2, 0) is 19.1 Å². The summed E-state index contributed by atoms with van der Waals surface area (Å²) in [5, 5.41) is 4.83. The Morgan fingerprint density at radius 2 is 1.65 bits per heavy atom. The predicted octanol–water partition coefficient (Wildman–Crippen LogP) is 5.48. The number of para-hydroxylation sites is 1. The van der Waals surface area contributed by atoms with E-state index >= 15 is 0 Å². The van der Waals surface area contributed by atoms with E-state index in [1.807, 2.05) is 67.6 Å². The van der Waals surface area contributed by atoms with Crippen molar-refractivity contribution >= 4 is 39.9 Å². The fourth-order valence-corrected chi connectivity index (χ4v) is 4.37. The van der Waals surface area contributed by atoms with Crippen LogP contribution in [-0.4, -0.2) is 30.9 Å². The van der Waals surface area contributed by atoms with Gasteiger partial charge >= 0.3 is 5.97 Å². The molecule has 1 aliphatic rings. The number of esters is 1. The lowest BCUT2D eigenvalue weighted by atomic mass is 10.1. The van der Waals surface area contributed by atoms with Gasteiger partial charge in [-0.3, -0.25) is 14.4 Å². The van der Waals surface area contributed by atoms with Gasteiger partial charge in [0, 0.05) is 29.7 Å². The van der Waals surface area contributed by atoms with Crippen LogP contribution in [0.4, 0.5) is 11.4 Å². The molecule has 1 fully saturated rings. The molecule has 1 aliphatic heterocycles. The summed E-state index contributed by atoms with van der Waals surface area (Å²) in [4.78, 5) is 38.9. The second-order valence-electron chi connectivity index (χ2n) is 8.95. The lowest BCUT2D eigenvalue weighted by Gasteiger charge is -2.17. The van der Waals surface area contributed by atoms with Crippen LogP contribution >= 0.6 is 0 Å². The molecule has 1 N–H and O–H groups in total. The second-order valence-corrected chi connectivity index (χ2v) is 8.95. The minimum Gasteiger partial charge on any atom is -0.457 e. The van der Waals surface area contributed by atoms with Crippen LogP contribution in [0.15, 0.2) is 91.0 Å². The Labute approximate surface area is 214 Å². The van der Waals surface area contributed by atoms with Gasteiger partial charge < -0.3 is 19.7 Å². The molecule has 4 aromatic carbocycles. The molecule has 0 aliphatic carbocycles. The van der Waals surface area contributed by atoms with Crippen molar-refractivity contribution < 1.29 is 23.9 Å². The largest absolute Gasteiger partial charge is 0.457 e. The molecule has 37 heavy (non-hydrogen) atoms. The smallest absolute Gasteiger partial charge is 0.311 e. The van der Waals surface area contributed by atoms with E-state index in [0.717, 1.165) is 22.1 Å². The number of hydrogen-bond acceptors (Lipinski definition) is 5. The number of nitrogens with zero attached hydrogens (tertiary/aromatic N) is 1. The average molecular weight is 495 g/mol. The quantitative estimate of drug-likeness (QED) is 0.344. The summed E-state index contributed by atoms with van der Waals surface area (Å²) in [6.45, 7) is 1.67. The molecule has 0 saturated carbocycles. The van der Waals surface area contributed by atoms with Gasteiger partial charge in [0.1, 0.15) is 11.5 Å². The van der Waals surface area contributed by atoms with Gasteiger partial charge in [0.15, 0.2) is 6.61 Å². The molecule has 4 aromatic rings. The first-order valence-electron chi connectivity index (χ1n) is 12.1. The third kappa shape index (κ3) is 5.46. The van der Waals surface area contributed by atoms with E-state index in [1.54, 1.807) is 35.2 Å². The van der Waals surface area contributed by atoms with Gasteiger partial charge in [0.05, 0.1) is 5.92 Å². The van der Waals surface area contributed by atoms with Crippen LogP contribution < -0.4 is 15.0 Å². The first-order chi connectivity index (χ1) is 18.0. The molecule has 0 radical (unpaired) electrons. The van der Waals surface area contributed by atoms with E-state index in [2.05, 4.69) is 5.32 Å². The topological polar surface area (TPSA) is 84.9 Å². The molecule has 7 nitrogen and oxygen atoms in total. The van der Waals surface area contributed by atoms with Crippen molar-refractivity contribution in [3.63, 3.8) is 0 Å². The third-order valence-electron chi connectivity index (χ3n) is 6.35. The molecule has 2 amide bonds. The summed E-state index contributed by atoms with van der Waals surface area (Å²) >= 11 is 0. The number of hydrogen-bond donors (Lipinski definition) is 1. The number of amides is 2. The van der Waals surface area contributed by atoms with E-state index < -0.39 is 24.4 Å². The Bertz CT molecular complexity index is 1460. The highest BCUT2D eigenvalue weighted by atomic mass is 16.5. The van der Waals surface area contributed by atoms with Crippen molar-refractivity contribution in [1.82, 2.24) is 0 Å². The Balaban J connectivity index is 1.17. The summed E-state index contributed by atoms with van der Waals surface area (Å²) in [5.41, 5.74) is 2.24. The number of rotatable bonds is 7. The van der Waals surface area contributed by atoms with Crippen molar-refractivity contribution in [2.45, 2.75) is 13.3 Å². The summed E-state index contributed by atoms with van der Waals surface area (Å²) in [5.74, 6) is -0.406. The Hall–Kier alpha value is -4.65. The van der Waals surface area contributed by atoms with Gasteiger partial charge in [-0.25, -0.2) is 0 Å². The van der Waals surface area contributed by atoms with Crippen molar-refractivity contribution in [3.8, 4) is 11.5 Å². The zero-order valence-corrected chi connectivity index (χ0v) is 20.3. The van der Waals surface area contributed by atoms with Crippen LogP contribution in [0.5, 0.6) is 11.5 Å². The second kappa shape index (κ2) is 10.5. The van der Waals surface area contributed by atoms with Crippen molar-refractivity contribution in [2.24, 2.45) is 5.92 Å². The maximum atomic E-state index is 12.6. The van der Waals surface area contributed by atoms with E-state index in [-0.39, 0.29) is 18.9 Å². The fourth-order valence-electron chi connectivity index (χ4n) is 4.37. The van der Waals surface area contributed by atoms with Crippen molar-refractivity contribution in [1.29, 1.82) is 0 Å². The van der Waals surface area contributed by atoms with Crippen LogP contribution in [0, 0.1) is 12.8 Å². The third-order valence-corrected chi connectivity index (χ3v) is 6.35. The van der Waals surface area contributed by atoms with E-state index in [1.165, 1.54) is 0 Å². The number of benzene rings is 4. The normalized spacial score (nSPS) is 15.0. The number of ether oxygens (including phenoxy) is 2. The first kappa shape index (κ1) is 24.1. The highest BCUT2D eigenvalue weighted by Crippen LogP contribution is 2.32. The van der Waals surface area contributed by atoms with Crippen molar-refractivity contribution in [2.75, 3.05) is 23.4 Å². The molecule has 0 unspecified atom stereocenters. The number of fused-ring (bicyclic) bond motifs is 1. The number of anilines is 2. The number of nitrogens with one attached hydrogen (secondary N) is 1. The number of carbonyl (C=O) groups excluding carboxylic acids is 3. The average Bonchev–Trinajstić information content (AvgIpc) is 3.31. The van der Waals surface area contributed by atoms with Gasteiger partial charge in [0.2, 0.25) is 5.91 Å². The standard InChI is InChI=1S/C30H26N2O5/c1-20-7-2-5-11-26(20)31-28(33)19-36-30(35)22-17-29(34)32(18-22)23-13-15-24(16-14-23)37-27-12-6-9-21-8-3-4-10-25(21)27/h2-16,22H,17-19H2,1H3,(H,31,33)/t22-/m1/s1. The summed E-state index contributed by atoms with van der Waals surface area (Å²) in [6, 6.07) is 28.4. The zero-order valence-electron chi connectivity index (χ0n) is 20.3. The van der Waals surface area contributed by atoms with Gasteiger partial charge in [-0.2, -0.15) is 0 Å². The van der Waals surface area contributed by atoms with Crippen molar-refractivity contribution in [3.05, 3.63) is 96.6 Å². The van der Waals surface area contributed by atoms with E-state index in [4.69, 9.17) is 9.47 Å². The molecule has 0 aromatic heterocycles. The van der Waals surface area contributed by atoms with E-state index in [0.29, 0.717) is 17.1 Å². The Kier molecular flexibility index (Phi) is 6.85. The molecule has 1 atom stereocenters. The molecular formula is C30H26N2O5. The van der Waals surface area contributed by atoms with Gasteiger partial charge in [-0.05, 0) is 54.3 Å². The van der Waals surface area contributed by atoms with Gasteiger partial charge in [0.25, 0.3) is 5.91 Å². The molecule has 1 heterocycles. The van der Waals surface area contributed by atoms with Crippen LogP contribution in [0.25, 0.3) is 10.8 Å². The number of aryl methyl sites for hydroxylation is 1. The predicted molar refractivity (Wildman–Crippen MR) is 142 cm³/mol. The lowest BCUT2D eigenvalue weighted by Crippen LogP contribution is -2.28. The minimum absolute atomic E-state index is 0.0342. The Morgan fingerprint density at radius 1 is 0.919 bits per heavy atom. The van der Waals surface area contributed by atoms with Crippen LogP contribution in [0.2, 0.25) is 0 Å².